The summed E-state index contributed by atoms with van der Waals surface area (Å²) < 4.78 is 0. The molecule has 0 aromatic rings. The first-order valence-electron chi connectivity index (χ1n) is 9.61. The molecule has 0 radical (unpaired) electrons. The molecule has 20 heavy (non-hydrogen) atoms. The van der Waals surface area contributed by atoms with Crippen LogP contribution in [0.25, 0.3) is 0 Å². The third-order valence-electron chi connectivity index (χ3n) is 6.18. The van der Waals surface area contributed by atoms with Gasteiger partial charge < -0.3 is 0 Å². The Morgan fingerprint density at radius 1 is 0.450 bits per heavy atom. The summed E-state index contributed by atoms with van der Waals surface area (Å²) in [5.41, 5.74) is 0. The van der Waals surface area contributed by atoms with E-state index in [9.17, 15) is 0 Å². The lowest BCUT2D eigenvalue weighted by molar-refractivity contribution is 0.800. The van der Waals surface area contributed by atoms with E-state index < -0.39 is 15.2 Å². The van der Waals surface area contributed by atoms with E-state index in [1.807, 2.05) is 0 Å². The molecule has 122 valence electrons. The molecule has 0 unspecified atom stereocenters. The SMILES string of the molecule is CCCC[Si](CCCC)(CCCC)[Si](CC)(CC)CC. The van der Waals surface area contributed by atoms with Crippen LogP contribution in [0.5, 0.6) is 0 Å². The summed E-state index contributed by atoms with van der Waals surface area (Å²) in [6.45, 7) is 14.8. The molecule has 0 saturated heterocycles. The van der Waals surface area contributed by atoms with Crippen molar-refractivity contribution in [3.05, 3.63) is 0 Å². The monoisotopic (exact) mass is 314 g/mol. The fourth-order valence-corrected chi connectivity index (χ4v) is 26.9. The molecule has 0 amide bonds. The highest BCUT2D eigenvalue weighted by Crippen LogP contribution is 2.42. The van der Waals surface area contributed by atoms with Crippen LogP contribution in [0.1, 0.15) is 80.1 Å². The van der Waals surface area contributed by atoms with Gasteiger partial charge in [0, 0.05) is 15.2 Å². The summed E-state index contributed by atoms with van der Waals surface area (Å²) in [7, 11) is -1.97. The molecule has 0 aromatic heterocycles. The van der Waals surface area contributed by atoms with Crippen molar-refractivity contribution in [3.63, 3.8) is 0 Å². The molecular weight excluding hydrogens is 272 g/mol. The molecule has 0 bridgehead atoms. The van der Waals surface area contributed by atoms with E-state index in [4.69, 9.17) is 0 Å². The van der Waals surface area contributed by atoms with E-state index in [2.05, 4.69) is 41.5 Å². The molecule has 0 aliphatic rings. The van der Waals surface area contributed by atoms with Crippen molar-refractivity contribution in [2.24, 2.45) is 0 Å². The topological polar surface area (TPSA) is 0 Å². The second-order valence-corrected chi connectivity index (χ2v) is 22.0. The van der Waals surface area contributed by atoms with Crippen molar-refractivity contribution in [2.75, 3.05) is 0 Å². The molecule has 0 rings (SSSR count). The zero-order valence-corrected chi connectivity index (χ0v) is 17.5. The van der Waals surface area contributed by atoms with Crippen LogP contribution in [0.3, 0.4) is 0 Å². The third-order valence-corrected chi connectivity index (χ3v) is 28.6. The second-order valence-electron chi connectivity index (χ2n) is 6.93. The van der Waals surface area contributed by atoms with Gasteiger partial charge in [-0.15, -0.1) is 0 Å². The van der Waals surface area contributed by atoms with Crippen LogP contribution in [-0.2, 0) is 0 Å². The highest BCUT2D eigenvalue weighted by atomic mass is 29.3. The molecule has 0 N–H and O–H groups in total. The maximum absolute atomic E-state index is 2.55. The second kappa shape index (κ2) is 11.1. The molecule has 0 aliphatic carbocycles. The Morgan fingerprint density at radius 2 is 0.750 bits per heavy atom. The Kier molecular flexibility index (Phi) is 11.3. The predicted octanol–water partition coefficient (Wildman–Crippen LogP) is 7.42. The zero-order chi connectivity index (χ0) is 15.5. The van der Waals surface area contributed by atoms with Crippen LogP contribution >= 0.6 is 0 Å². The minimum absolute atomic E-state index is 0.970. The van der Waals surface area contributed by atoms with Crippen LogP contribution < -0.4 is 0 Å². The van der Waals surface area contributed by atoms with Gasteiger partial charge in [0.1, 0.15) is 0 Å². The van der Waals surface area contributed by atoms with Gasteiger partial charge in [-0.1, -0.05) is 116 Å². The largest absolute Gasteiger partial charge is 0.0680 e. The average Bonchev–Trinajstić information content (AvgIpc) is 2.50. The van der Waals surface area contributed by atoms with E-state index in [0.717, 1.165) is 0 Å². The van der Waals surface area contributed by atoms with Crippen LogP contribution in [0, 0.1) is 0 Å². The summed E-state index contributed by atoms with van der Waals surface area (Å²) in [6.07, 6.45) is 8.80. The quantitative estimate of drug-likeness (QED) is 0.310. The first-order chi connectivity index (χ1) is 9.61. The van der Waals surface area contributed by atoms with E-state index in [1.165, 1.54) is 38.5 Å². The van der Waals surface area contributed by atoms with Crippen LogP contribution in [0.2, 0.25) is 36.3 Å². The number of unbranched alkanes of at least 4 members (excludes halogenated alkanes) is 3. The maximum Gasteiger partial charge on any atom is 0.0478 e. The normalized spacial score (nSPS) is 12.9. The predicted molar refractivity (Wildman–Crippen MR) is 102 cm³/mol. The maximum atomic E-state index is 2.55. The lowest BCUT2D eigenvalue weighted by Gasteiger charge is -2.48. The van der Waals surface area contributed by atoms with Crippen molar-refractivity contribution < 1.29 is 0 Å². The van der Waals surface area contributed by atoms with Crippen LogP contribution in [-0.4, -0.2) is 15.2 Å². The summed E-state index contributed by atoms with van der Waals surface area (Å²) in [4.78, 5) is 0. The van der Waals surface area contributed by atoms with Gasteiger partial charge in [-0.05, 0) is 0 Å². The minimum Gasteiger partial charge on any atom is -0.0680 e. The fourth-order valence-electron chi connectivity index (χ4n) is 4.59. The molecule has 0 spiro atoms. The van der Waals surface area contributed by atoms with Gasteiger partial charge in [-0.2, -0.15) is 0 Å². The average molecular weight is 315 g/mol. The number of hydrogen-bond acceptors (Lipinski definition) is 0. The Bertz CT molecular complexity index is 191. The molecule has 0 nitrogen and oxygen atoms in total. The highest BCUT2D eigenvalue weighted by molar-refractivity contribution is 7.42. The molecule has 0 fully saturated rings. The number of hydrogen-bond donors (Lipinski definition) is 0. The standard InChI is InChI=1S/C18H42Si2/c1-7-13-16-20(17-14-8-2,18-15-9-3)19(10-4,11-5)12-6/h7-18H2,1-6H3. The first-order valence-corrected chi connectivity index (χ1v) is 15.9. The van der Waals surface area contributed by atoms with Gasteiger partial charge in [0.05, 0.1) is 0 Å². The molecule has 0 saturated carbocycles. The van der Waals surface area contributed by atoms with Crippen LogP contribution in [0.4, 0.5) is 0 Å². The van der Waals surface area contributed by atoms with Gasteiger partial charge in [0.15, 0.2) is 0 Å². The van der Waals surface area contributed by atoms with Crippen molar-refractivity contribution in [3.8, 4) is 0 Å². The lowest BCUT2D eigenvalue weighted by Crippen LogP contribution is -2.61. The van der Waals surface area contributed by atoms with E-state index in [0.29, 0.717) is 0 Å². The van der Waals surface area contributed by atoms with Crippen molar-refractivity contribution >= 4 is 15.2 Å². The molecule has 0 heterocycles. The fraction of sp³-hybridized carbons (Fsp3) is 1.00. The van der Waals surface area contributed by atoms with Gasteiger partial charge >= 0.3 is 0 Å². The van der Waals surface area contributed by atoms with Crippen molar-refractivity contribution in [2.45, 2.75) is 116 Å². The Labute approximate surface area is 131 Å². The summed E-state index contributed by atoms with van der Waals surface area (Å²) in [5, 5.41) is 0. The van der Waals surface area contributed by atoms with E-state index >= 15 is 0 Å². The highest BCUT2D eigenvalue weighted by Gasteiger charge is 2.49. The summed E-state index contributed by atoms with van der Waals surface area (Å²) in [5.74, 6) is 0. The smallest absolute Gasteiger partial charge is 0.0478 e. The van der Waals surface area contributed by atoms with Crippen molar-refractivity contribution in [1.29, 1.82) is 0 Å². The van der Waals surface area contributed by atoms with Gasteiger partial charge in [0.25, 0.3) is 0 Å². The number of rotatable bonds is 13. The molecule has 0 atom stereocenters. The molecule has 0 aromatic carbocycles. The van der Waals surface area contributed by atoms with Crippen LogP contribution in [0.15, 0.2) is 0 Å². The summed E-state index contributed by atoms with van der Waals surface area (Å²) >= 11 is 0. The van der Waals surface area contributed by atoms with Crippen molar-refractivity contribution in [1.82, 2.24) is 0 Å². The molecule has 0 aliphatic heterocycles. The molecule has 2 heteroatoms. The lowest BCUT2D eigenvalue weighted by atomic mass is 10.4. The van der Waals surface area contributed by atoms with Gasteiger partial charge in [-0.25, -0.2) is 0 Å². The van der Waals surface area contributed by atoms with Gasteiger partial charge in [-0.3, -0.25) is 0 Å². The Balaban J connectivity index is 5.38. The first kappa shape index (κ1) is 20.4. The van der Waals surface area contributed by atoms with Gasteiger partial charge in [0.2, 0.25) is 0 Å². The zero-order valence-electron chi connectivity index (χ0n) is 15.5. The van der Waals surface area contributed by atoms with E-state index in [1.54, 1.807) is 36.3 Å². The van der Waals surface area contributed by atoms with E-state index in [-0.39, 0.29) is 0 Å². The minimum atomic E-state index is -0.999. The Hall–Kier alpha value is 0.434. The molecular formula is C18H42Si2. The Morgan fingerprint density at radius 3 is 0.950 bits per heavy atom. The summed E-state index contributed by atoms with van der Waals surface area (Å²) in [6, 6.07) is 9.73. The third kappa shape index (κ3) is 5.01.